The lowest BCUT2D eigenvalue weighted by Crippen LogP contribution is -2.32. The van der Waals surface area contributed by atoms with Gasteiger partial charge in [0.2, 0.25) is 10.0 Å². The van der Waals surface area contributed by atoms with E-state index in [0.29, 0.717) is 22.7 Å². The second-order valence-corrected chi connectivity index (χ2v) is 8.01. The van der Waals surface area contributed by atoms with Crippen LogP contribution in [-0.2, 0) is 10.0 Å². The first kappa shape index (κ1) is 19.4. The Labute approximate surface area is 153 Å². The molecule has 0 aliphatic rings. The van der Waals surface area contributed by atoms with Gasteiger partial charge in [-0.2, -0.15) is 0 Å². The van der Waals surface area contributed by atoms with E-state index in [4.69, 9.17) is 11.6 Å². The van der Waals surface area contributed by atoms with Gasteiger partial charge in [0.05, 0.1) is 15.6 Å². The number of halogens is 1. The van der Waals surface area contributed by atoms with Crippen LogP contribution in [0, 0.1) is 6.92 Å². The molecular weight excluding hydrogens is 360 g/mol. The van der Waals surface area contributed by atoms with Crippen LogP contribution in [-0.4, -0.2) is 20.4 Å². The highest BCUT2D eigenvalue weighted by Crippen LogP contribution is 2.23. The second-order valence-electron chi connectivity index (χ2n) is 5.89. The number of aryl methyl sites for hydroxylation is 1. The zero-order valence-electron chi connectivity index (χ0n) is 14.3. The Balaban J connectivity index is 2.15. The second kappa shape index (κ2) is 7.99. The average Bonchev–Trinajstić information content (AvgIpc) is 2.57. The zero-order chi connectivity index (χ0) is 18.6. The van der Waals surface area contributed by atoms with Crippen LogP contribution in [0.2, 0.25) is 5.02 Å². The highest BCUT2D eigenvalue weighted by atomic mass is 35.5. The van der Waals surface area contributed by atoms with E-state index in [2.05, 4.69) is 10.0 Å². The number of amides is 1. The lowest BCUT2D eigenvalue weighted by Gasteiger charge is -2.12. The van der Waals surface area contributed by atoms with Crippen LogP contribution in [0.1, 0.15) is 36.2 Å². The van der Waals surface area contributed by atoms with Crippen molar-refractivity contribution >= 4 is 33.2 Å². The van der Waals surface area contributed by atoms with Crippen molar-refractivity contribution in [1.29, 1.82) is 0 Å². The number of hydrogen-bond acceptors (Lipinski definition) is 3. The van der Waals surface area contributed by atoms with Crippen LogP contribution in [0.25, 0.3) is 0 Å². The average molecular weight is 381 g/mol. The molecule has 0 saturated heterocycles. The van der Waals surface area contributed by atoms with Crippen LogP contribution in [0.4, 0.5) is 5.69 Å². The first-order chi connectivity index (χ1) is 11.7. The fourth-order valence-corrected chi connectivity index (χ4v) is 3.73. The highest BCUT2D eigenvalue weighted by Gasteiger charge is 2.17. The molecule has 0 aliphatic carbocycles. The zero-order valence-corrected chi connectivity index (χ0v) is 15.9. The molecule has 2 aromatic carbocycles. The smallest absolute Gasteiger partial charge is 0.255 e. The van der Waals surface area contributed by atoms with Gasteiger partial charge in [0.1, 0.15) is 0 Å². The van der Waals surface area contributed by atoms with E-state index in [9.17, 15) is 13.2 Å². The van der Waals surface area contributed by atoms with Crippen molar-refractivity contribution in [2.45, 2.75) is 38.1 Å². The van der Waals surface area contributed by atoms with Gasteiger partial charge < -0.3 is 5.32 Å². The molecule has 7 heteroatoms. The van der Waals surface area contributed by atoms with Gasteiger partial charge >= 0.3 is 0 Å². The molecule has 0 bridgehead atoms. The third-order valence-electron chi connectivity index (χ3n) is 3.77. The first-order valence-corrected chi connectivity index (χ1v) is 9.79. The van der Waals surface area contributed by atoms with Crippen LogP contribution >= 0.6 is 11.6 Å². The summed E-state index contributed by atoms with van der Waals surface area (Å²) < 4.78 is 27.0. The van der Waals surface area contributed by atoms with Crippen molar-refractivity contribution in [1.82, 2.24) is 4.72 Å². The van der Waals surface area contributed by atoms with Crippen LogP contribution in [0.5, 0.6) is 0 Å². The third kappa shape index (κ3) is 5.04. The molecule has 0 aromatic heterocycles. The minimum atomic E-state index is -3.59. The van der Waals surface area contributed by atoms with Crippen LogP contribution in [0.3, 0.4) is 0 Å². The van der Waals surface area contributed by atoms with E-state index in [1.807, 2.05) is 19.9 Å². The summed E-state index contributed by atoms with van der Waals surface area (Å²) in [5, 5.41) is 3.17. The molecule has 134 valence electrons. The van der Waals surface area contributed by atoms with Crippen molar-refractivity contribution in [3.8, 4) is 0 Å². The van der Waals surface area contributed by atoms with Gasteiger partial charge in [-0.05, 0) is 62.2 Å². The van der Waals surface area contributed by atoms with Gasteiger partial charge in [-0.15, -0.1) is 0 Å². The summed E-state index contributed by atoms with van der Waals surface area (Å²) in [6.07, 6.45) is 0.691. The summed E-state index contributed by atoms with van der Waals surface area (Å²) in [7, 11) is -3.59. The fourth-order valence-electron chi connectivity index (χ4n) is 2.12. The predicted molar refractivity (Wildman–Crippen MR) is 101 cm³/mol. The number of rotatable bonds is 6. The number of anilines is 1. The summed E-state index contributed by atoms with van der Waals surface area (Å²) in [4.78, 5) is 12.4. The van der Waals surface area contributed by atoms with Gasteiger partial charge in [-0.1, -0.05) is 24.6 Å². The fraction of sp³-hybridized carbons (Fsp3) is 0.278. The number of sulfonamides is 1. The Bertz CT molecular complexity index is 864. The Hall–Kier alpha value is -1.89. The largest absolute Gasteiger partial charge is 0.321 e. The topological polar surface area (TPSA) is 75.3 Å². The Kier molecular flexibility index (Phi) is 6.21. The lowest BCUT2D eigenvalue weighted by molar-refractivity contribution is 0.102. The van der Waals surface area contributed by atoms with E-state index in [0.717, 1.165) is 5.56 Å². The first-order valence-electron chi connectivity index (χ1n) is 7.93. The number of benzene rings is 2. The molecule has 0 spiro atoms. The van der Waals surface area contributed by atoms with Crippen molar-refractivity contribution in [3.63, 3.8) is 0 Å². The molecule has 2 N–H and O–H groups in total. The van der Waals surface area contributed by atoms with E-state index in [1.54, 1.807) is 19.1 Å². The summed E-state index contributed by atoms with van der Waals surface area (Å²) in [6.45, 7) is 5.60. The molecule has 0 aliphatic heterocycles. The molecule has 2 aromatic rings. The number of carbonyl (C=O) groups is 1. The molecule has 25 heavy (non-hydrogen) atoms. The van der Waals surface area contributed by atoms with Crippen LogP contribution < -0.4 is 10.0 Å². The maximum atomic E-state index is 12.3. The van der Waals surface area contributed by atoms with Crippen molar-refractivity contribution in [3.05, 3.63) is 58.6 Å². The summed E-state index contributed by atoms with van der Waals surface area (Å²) in [5.41, 5.74) is 1.85. The molecule has 1 unspecified atom stereocenters. The molecule has 1 amide bonds. The number of carbonyl (C=O) groups excluding carboxylic acids is 1. The molecular formula is C18H21ClN2O3S. The maximum Gasteiger partial charge on any atom is 0.255 e. The van der Waals surface area contributed by atoms with Gasteiger partial charge in [0.15, 0.2) is 0 Å². The minimum Gasteiger partial charge on any atom is -0.321 e. The highest BCUT2D eigenvalue weighted by molar-refractivity contribution is 7.89. The molecule has 5 nitrogen and oxygen atoms in total. The quantitative estimate of drug-likeness (QED) is 0.795. The van der Waals surface area contributed by atoms with Crippen molar-refractivity contribution in [2.75, 3.05) is 5.32 Å². The molecule has 2 rings (SSSR count). The molecule has 0 heterocycles. The standard InChI is InChI=1S/C18H21ClN2O3S/c1-4-13(3)21-25(23,24)15-8-6-14(7-9-15)18(22)20-17-10-5-12(2)11-16(17)19/h5-11,13,21H,4H2,1-3H3,(H,20,22). The van der Waals surface area contributed by atoms with Gasteiger partial charge in [-0.3, -0.25) is 4.79 Å². The monoisotopic (exact) mass is 380 g/mol. The summed E-state index contributed by atoms with van der Waals surface area (Å²) >= 11 is 6.11. The summed E-state index contributed by atoms with van der Waals surface area (Å²) in [5.74, 6) is -0.357. The SMILES string of the molecule is CCC(C)NS(=O)(=O)c1ccc(C(=O)Nc2ccc(C)cc2Cl)cc1. The van der Waals surface area contributed by atoms with Crippen molar-refractivity contribution < 1.29 is 13.2 Å². The predicted octanol–water partition coefficient (Wildman–Crippen LogP) is 3.98. The Morgan fingerprint density at radius 3 is 2.36 bits per heavy atom. The number of hydrogen-bond donors (Lipinski definition) is 2. The van der Waals surface area contributed by atoms with E-state index in [1.165, 1.54) is 24.3 Å². The minimum absolute atomic E-state index is 0.123. The Morgan fingerprint density at radius 1 is 1.16 bits per heavy atom. The third-order valence-corrected chi connectivity index (χ3v) is 5.69. The Morgan fingerprint density at radius 2 is 1.80 bits per heavy atom. The summed E-state index contributed by atoms with van der Waals surface area (Å²) in [6, 6.07) is 10.9. The molecule has 0 radical (unpaired) electrons. The maximum absolute atomic E-state index is 12.3. The normalized spacial score (nSPS) is 12.6. The molecule has 1 atom stereocenters. The van der Waals surface area contributed by atoms with Gasteiger partial charge in [0.25, 0.3) is 5.91 Å². The molecule has 0 fully saturated rings. The lowest BCUT2D eigenvalue weighted by atomic mass is 10.2. The van der Waals surface area contributed by atoms with Crippen LogP contribution in [0.15, 0.2) is 47.4 Å². The van der Waals surface area contributed by atoms with E-state index in [-0.39, 0.29) is 16.8 Å². The van der Waals surface area contributed by atoms with E-state index >= 15 is 0 Å². The molecule has 0 saturated carbocycles. The van der Waals surface area contributed by atoms with Crippen molar-refractivity contribution in [2.24, 2.45) is 0 Å². The van der Waals surface area contributed by atoms with Gasteiger partial charge in [-0.25, -0.2) is 13.1 Å². The van der Waals surface area contributed by atoms with Gasteiger partial charge in [0, 0.05) is 11.6 Å². The van der Waals surface area contributed by atoms with E-state index < -0.39 is 10.0 Å². The number of nitrogens with one attached hydrogen (secondary N) is 2.